The molecule has 4 atom stereocenters. The summed E-state index contributed by atoms with van der Waals surface area (Å²) in [5.41, 5.74) is 5.51. The minimum atomic E-state index is -1.46. The molecule has 1 amide bonds. The van der Waals surface area contributed by atoms with E-state index in [1.165, 1.54) is 17.8 Å². The van der Waals surface area contributed by atoms with Crippen LogP contribution in [0.4, 0.5) is 0 Å². The summed E-state index contributed by atoms with van der Waals surface area (Å²) >= 11 is 1.35. The topological polar surface area (TPSA) is 146 Å². The van der Waals surface area contributed by atoms with Crippen LogP contribution in [0.15, 0.2) is 33.8 Å². The lowest BCUT2D eigenvalue weighted by Crippen LogP contribution is -2.56. The van der Waals surface area contributed by atoms with Crippen LogP contribution in [0.25, 0.3) is 0 Å². The molecule has 0 aromatic heterocycles. The normalized spacial score (nSPS) is 29.6. The van der Waals surface area contributed by atoms with Gasteiger partial charge in [0.25, 0.3) is 5.91 Å². The van der Waals surface area contributed by atoms with Crippen LogP contribution in [-0.2, 0) is 28.6 Å². The zero-order valence-electron chi connectivity index (χ0n) is 22.6. The number of hydrogen-bond acceptors (Lipinski definition) is 11. The van der Waals surface area contributed by atoms with Gasteiger partial charge in [0, 0.05) is 24.3 Å². The average Bonchev–Trinajstić information content (AvgIpc) is 3.51. The lowest BCUT2D eigenvalue weighted by molar-refractivity contribution is -0.140. The predicted octanol–water partition coefficient (Wildman–Crippen LogP) is 2.55. The number of carbonyl (C=O) groups is 1. The van der Waals surface area contributed by atoms with Crippen molar-refractivity contribution in [3.05, 3.63) is 23.7 Å². The number of aliphatic hydroxyl groups excluding tert-OH is 1. The highest BCUT2D eigenvalue weighted by molar-refractivity contribution is 8.16. The molecule has 38 heavy (non-hydrogen) atoms. The van der Waals surface area contributed by atoms with Crippen molar-refractivity contribution in [3.8, 4) is 0 Å². The molecular weight excluding hydrogens is 512 g/mol. The van der Waals surface area contributed by atoms with Crippen LogP contribution >= 0.6 is 11.8 Å². The Balaban J connectivity index is 1.32. The second-order valence-electron chi connectivity index (χ2n) is 10.6. The summed E-state index contributed by atoms with van der Waals surface area (Å²) in [7, 11) is 0. The van der Waals surface area contributed by atoms with Crippen LogP contribution in [-0.4, -0.2) is 77.2 Å². The Morgan fingerprint density at radius 3 is 2.89 bits per heavy atom. The third-order valence-corrected chi connectivity index (χ3v) is 7.73. The molecule has 1 saturated heterocycles. The predicted molar refractivity (Wildman–Crippen MR) is 144 cm³/mol. The number of carbonyl (C=O) groups excluding carboxylic acids is 1. The van der Waals surface area contributed by atoms with Crippen molar-refractivity contribution >= 4 is 28.4 Å². The molecule has 3 aliphatic heterocycles. The number of ether oxygens (including phenoxy) is 4. The standard InChI is InChI=1S/C26H40N4O7S/c1-5-6-20(21-11-19(12-22(31)36-21)33-13-17-7-8-17)28-24(32)26(27)15-38-23(29-26)16(2)30-35-10-9-18-14-34-25(3,4)37-18/h11-12,17-18,20,22,31H,5-10,13-15,27H2,1-4H3,(H,28,32)/b30-16+/t18?,20-,22?,26+/m1/s1. The maximum Gasteiger partial charge on any atom is 0.264 e. The molecule has 212 valence electrons. The van der Waals surface area contributed by atoms with Crippen LogP contribution in [0.3, 0.4) is 0 Å². The maximum absolute atomic E-state index is 13.3. The molecule has 1 saturated carbocycles. The average molecular weight is 553 g/mol. The molecule has 1 aliphatic carbocycles. The van der Waals surface area contributed by atoms with E-state index in [-0.39, 0.29) is 11.9 Å². The molecule has 4 aliphatic rings. The van der Waals surface area contributed by atoms with E-state index in [1.807, 2.05) is 20.8 Å². The molecule has 3 heterocycles. The van der Waals surface area contributed by atoms with E-state index in [4.69, 9.17) is 29.5 Å². The van der Waals surface area contributed by atoms with Gasteiger partial charge in [-0.05, 0) is 46.0 Å². The molecule has 0 radical (unpaired) electrons. The summed E-state index contributed by atoms with van der Waals surface area (Å²) < 4.78 is 22.8. The lowest BCUT2D eigenvalue weighted by atomic mass is 10.1. The number of oxime groups is 1. The molecule has 0 aromatic carbocycles. The fourth-order valence-corrected chi connectivity index (χ4v) is 5.19. The largest absolute Gasteiger partial charge is 0.493 e. The number of allylic oxidation sites excluding steroid dienone is 1. The monoisotopic (exact) mass is 552 g/mol. The van der Waals surface area contributed by atoms with E-state index < -0.39 is 29.7 Å². The van der Waals surface area contributed by atoms with Crippen LogP contribution in [0.2, 0.25) is 0 Å². The highest BCUT2D eigenvalue weighted by Gasteiger charge is 2.41. The molecule has 4 rings (SSSR count). The summed E-state index contributed by atoms with van der Waals surface area (Å²) in [6, 6.07) is -0.482. The Hall–Kier alpha value is -2.12. The molecular formula is C26H40N4O7S. The van der Waals surface area contributed by atoms with Gasteiger partial charge in [0.2, 0.25) is 6.29 Å². The van der Waals surface area contributed by atoms with Crippen LogP contribution in [0.1, 0.15) is 59.8 Å². The molecule has 2 unspecified atom stereocenters. The van der Waals surface area contributed by atoms with Crippen LogP contribution in [0, 0.1) is 5.92 Å². The molecule has 11 nitrogen and oxygen atoms in total. The van der Waals surface area contributed by atoms with Gasteiger partial charge < -0.3 is 34.2 Å². The second kappa shape index (κ2) is 12.4. The van der Waals surface area contributed by atoms with E-state index in [1.54, 1.807) is 13.0 Å². The van der Waals surface area contributed by atoms with Crippen molar-refractivity contribution in [1.82, 2.24) is 5.32 Å². The Labute approximate surface area is 228 Å². The molecule has 0 bridgehead atoms. The summed E-state index contributed by atoms with van der Waals surface area (Å²) in [5, 5.41) is 17.9. The van der Waals surface area contributed by atoms with E-state index in [0.29, 0.717) is 60.9 Å². The van der Waals surface area contributed by atoms with Crippen LogP contribution < -0.4 is 11.1 Å². The third kappa shape index (κ3) is 7.95. The number of amides is 1. The maximum atomic E-state index is 13.3. The Morgan fingerprint density at radius 2 is 2.21 bits per heavy atom. The highest BCUT2D eigenvalue weighted by Crippen LogP contribution is 2.31. The van der Waals surface area contributed by atoms with Gasteiger partial charge in [-0.25, -0.2) is 4.99 Å². The first-order valence-electron chi connectivity index (χ1n) is 13.3. The first-order chi connectivity index (χ1) is 18.1. The van der Waals surface area contributed by atoms with Crippen molar-refractivity contribution in [2.24, 2.45) is 21.8 Å². The van der Waals surface area contributed by atoms with Gasteiger partial charge in [-0.1, -0.05) is 18.5 Å². The number of thioether (sulfide) groups is 1. The van der Waals surface area contributed by atoms with E-state index >= 15 is 0 Å². The molecule has 2 fully saturated rings. The zero-order valence-corrected chi connectivity index (χ0v) is 23.4. The Morgan fingerprint density at radius 1 is 1.42 bits per heavy atom. The summed E-state index contributed by atoms with van der Waals surface area (Å²) in [4.78, 5) is 23.2. The van der Waals surface area contributed by atoms with Gasteiger partial charge in [0.05, 0.1) is 25.4 Å². The van der Waals surface area contributed by atoms with Gasteiger partial charge in [-0.3, -0.25) is 10.5 Å². The summed E-state index contributed by atoms with van der Waals surface area (Å²) in [6.45, 7) is 9.04. The van der Waals surface area contributed by atoms with Gasteiger partial charge in [-0.2, -0.15) is 0 Å². The van der Waals surface area contributed by atoms with Crippen molar-refractivity contribution < 1.29 is 33.7 Å². The number of nitrogens with two attached hydrogens (primary N) is 1. The van der Waals surface area contributed by atoms with E-state index in [0.717, 1.165) is 19.3 Å². The molecule has 0 aromatic rings. The van der Waals surface area contributed by atoms with Crippen molar-refractivity contribution in [2.75, 3.05) is 25.6 Å². The first-order valence-corrected chi connectivity index (χ1v) is 14.3. The Bertz CT molecular complexity index is 994. The van der Waals surface area contributed by atoms with Crippen molar-refractivity contribution in [3.63, 3.8) is 0 Å². The minimum absolute atomic E-state index is 0.0316. The summed E-state index contributed by atoms with van der Waals surface area (Å²) in [5.74, 6) is 0.822. The van der Waals surface area contributed by atoms with Crippen molar-refractivity contribution in [1.29, 1.82) is 0 Å². The van der Waals surface area contributed by atoms with Gasteiger partial charge >= 0.3 is 0 Å². The number of hydrogen-bond donors (Lipinski definition) is 3. The van der Waals surface area contributed by atoms with Gasteiger partial charge in [-0.15, -0.1) is 11.8 Å². The number of rotatable bonds is 13. The lowest BCUT2D eigenvalue weighted by Gasteiger charge is -2.29. The van der Waals surface area contributed by atoms with E-state index in [9.17, 15) is 9.90 Å². The highest BCUT2D eigenvalue weighted by atomic mass is 32.2. The number of nitrogens with one attached hydrogen (secondary N) is 1. The van der Waals surface area contributed by atoms with Crippen molar-refractivity contribution in [2.45, 2.75) is 89.7 Å². The summed E-state index contributed by atoms with van der Waals surface area (Å²) in [6.07, 6.45) is 6.43. The first kappa shape index (κ1) is 28.9. The fraction of sp³-hybridized carbons (Fsp3) is 0.731. The molecule has 0 spiro atoms. The Kier molecular flexibility index (Phi) is 9.40. The van der Waals surface area contributed by atoms with E-state index in [2.05, 4.69) is 15.5 Å². The van der Waals surface area contributed by atoms with Crippen LogP contribution in [0.5, 0.6) is 0 Å². The quantitative estimate of drug-likeness (QED) is 0.178. The van der Waals surface area contributed by atoms with Gasteiger partial charge in [0.15, 0.2) is 11.4 Å². The zero-order chi connectivity index (χ0) is 27.3. The molecule has 12 heteroatoms. The second-order valence-corrected chi connectivity index (χ2v) is 11.5. The smallest absolute Gasteiger partial charge is 0.264 e. The number of aliphatic hydroxyl groups is 1. The molecule has 4 N–H and O–H groups in total. The minimum Gasteiger partial charge on any atom is -0.493 e. The third-order valence-electron chi connectivity index (χ3n) is 6.49. The fourth-order valence-electron chi connectivity index (χ4n) is 4.16. The number of nitrogens with zero attached hydrogens (tertiary/aromatic N) is 2. The SMILES string of the molecule is CCC[C@@H](NC(=O)[C@]1(N)CSC(/C(C)=N/OCCC2COC(C)(C)O2)=N1)C1=CC(OCC2CC2)=CC(O)O1. The van der Waals surface area contributed by atoms with Gasteiger partial charge in [0.1, 0.15) is 28.9 Å². The number of aliphatic imine (C=N–C) groups is 1.